The SMILES string of the molecule is c1ccc2c(c1)ccc1c2oc2cccc(-c3ccc(N(c4ccc(-c5cccc6c5oc5ccccc56)cc4)c4cccc5oc6ccccc6c45)cc3)c21. The van der Waals surface area contributed by atoms with Gasteiger partial charge in [-0.2, -0.15) is 0 Å². The Morgan fingerprint density at radius 1 is 0.304 bits per heavy atom. The maximum absolute atomic E-state index is 6.53. The minimum absolute atomic E-state index is 0.851. The molecule has 0 amide bonds. The molecule has 0 N–H and O–H groups in total. The third kappa shape index (κ3) is 4.60. The van der Waals surface area contributed by atoms with Gasteiger partial charge in [0.1, 0.15) is 33.5 Å². The molecule has 0 unspecified atom stereocenters. The Hall–Kier alpha value is -7.56. The molecule has 12 rings (SSSR count). The first-order chi connectivity index (χ1) is 27.8. The first-order valence-electron chi connectivity index (χ1n) is 18.9. The van der Waals surface area contributed by atoms with Gasteiger partial charge in [-0.05, 0) is 82.7 Å². The van der Waals surface area contributed by atoms with Gasteiger partial charge in [0.25, 0.3) is 0 Å². The van der Waals surface area contributed by atoms with E-state index in [9.17, 15) is 0 Å². The van der Waals surface area contributed by atoms with Crippen molar-refractivity contribution in [2.75, 3.05) is 4.90 Å². The van der Waals surface area contributed by atoms with Crippen LogP contribution in [0.3, 0.4) is 0 Å². The summed E-state index contributed by atoms with van der Waals surface area (Å²) in [6, 6.07) is 66.0. The number of nitrogens with zero attached hydrogens (tertiary/aromatic N) is 1. The van der Waals surface area contributed by atoms with Gasteiger partial charge in [-0.25, -0.2) is 0 Å². The second-order valence-electron chi connectivity index (χ2n) is 14.4. The van der Waals surface area contributed by atoms with Gasteiger partial charge in [0.15, 0.2) is 0 Å². The monoisotopic (exact) mass is 717 g/mol. The lowest BCUT2D eigenvalue weighted by Gasteiger charge is -2.26. The zero-order valence-electron chi connectivity index (χ0n) is 30.1. The molecule has 0 bridgehead atoms. The summed E-state index contributed by atoms with van der Waals surface area (Å²) in [5.41, 5.74) is 12.9. The number of para-hydroxylation sites is 3. The molecule has 3 heterocycles. The number of rotatable bonds is 5. The average Bonchev–Trinajstić information content (AvgIpc) is 3.96. The number of benzene rings is 9. The molecule has 0 fully saturated rings. The van der Waals surface area contributed by atoms with Crippen molar-refractivity contribution in [1.29, 1.82) is 0 Å². The van der Waals surface area contributed by atoms with Gasteiger partial charge >= 0.3 is 0 Å². The van der Waals surface area contributed by atoms with Gasteiger partial charge in [-0.15, -0.1) is 0 Å². The van der Waals surface area contributed by atoms with E-state index < -0.39 is 0 Å². The second-order valence-corrected chi connectivity index (χ2v) is 14.4. The summed E-state index contributed by atoms with van der Waals surface area (Å²) in [7, 11) is 0. The predicted octanol–water partition coefficient (Wildman–Crippen LogP) is 15.3. The Kier molecular flexibility index (Phi) is 6.60. The molecule has 0 aliphatic rings. The van der Waals surface area contributed by atoms with Crippen molar-refractivity contribution in [3.05, 3.63) is 188 Å². The van der Waals surface area contributed by atoms with Gasteiger partial charge < -0.3 is 18.2 Å². The Morgan fingerprint density at radius 3 is 1.64 bits per heavy atom. The molecule has 0 spiro atoms. The van der Waals surface area contributed by atoms with E-state index in [4.69, 9.17) is 13.3 Å². The van der Waals surface area contributed by atoms with E-state index in [-0.39, 0.29) is 0 Å². The van der Waals surface area contributed by atoms with Crippen LogP contribution in [0, 0.1) is 0 Å². The highest BCUT2D eigenvalue weighted by Crippen LogP contribution is 2.45. The topological polar surface area (TPSA) is 42.7 Å². The molecule has 9 aromatic carbocycles. The number of hydrogen-bond donors (Lipinski definition) is 0. The minimum Gasteiger partial charge on any atom is -0.456 e. The maximum atomic E-state index is 6.53. The molecule has 262 valence electrons. The maximum Gasteiger partial charge on any atom is 0.143 e. The van der Waals surface area contributed by atoms with Crippen LogP contribution in [-0.2, 0) is 0 Å². The van der Waals surface area contributed by atoms with Crippen LogP contribution >= 0.6 is 0 Å². The van der Waals surface area contributed by atoms with E-state index in [1.165, 1.54) is 5.39 Å². The van der Waals surface area contributed by atoms with Crippen LogP contribution < -0.4 is 4.90 Å². The normalized spacial score (nSPS) is 11.9. The van der Waals surface area contributed by atoms with E-state index >= 15 is 0 Å². The van der Waals surface area contributed by atoms with E-state index in [0.717, 1.165) is 111 Å². The zero-order valence-corrected chi connectivity index (χ0v) is 30.1. The van der Waals surface area contributed by atoms with E-state index in [1.54, 1.807) is 0 Å². The smallest absolute Gasteiger partial charge is 0.143 e. The van der Waals surface area contributed by atoms with E-state index in [0.29, 0.717) is 0 Å². The van der Waals surface area contributed by atoms with Gasteiger partial charge in [0, 0.05) is 49.3 Å². The van der Waals surface area contributed by atoms with Crippen LogP contribution in [0.5, 0.6) is 0 Å². The lowest BCUT2D eigenvalue weighted by molar-refractivity contribution is 0.669. The van der Waals surface area contributed by atoms with Crippen molar-refractivity contribution >= 4 is 93.7 Å². The summed E-state index contributed by atoms with van der Waals surface area (Å²) in [5, 5.41) is 8.95. The van der Waals surface area contributed by atoms with Crippen LogP contribution in [0.2, 0.25) is 0 Å². The largest absolute Gasteiger partial charge is 0.456 e. The first-order valence-corrected chi connectivity index (χ1v) is 18.9. The van der Waals surface area contributed by atoms with Crippen molar-refractivity contribution in [3.8, 4) is 22.3 Å². The molecular formula is C52H31NO3. The van der Waals surface area contributed by atoms with Crippen molar-refractivity contribution in [3.63, 3.8) is 0 Å². The quantitative estimate of drug-likeness (QED) is 0.178. The predicted molar refractivity (Wildman–Crippen MR) is 231 cm³/mol. The molecule has 4 nitrogen and oxygen atoms in total. The zero-order chi connectivity index (χ0) is 36.7. The summed E-state index contributed by atoms with van der Waals surface area (Å²) in [6.45, 7) is 0. The summed E-state index contributed by atoms with van der Waals surface area (Å²) in [5.74, 6) is 0. The molecule has 0 aliphatic heterocycles. The highest BCUT2D eigenvalue weighted by Gasteiger charge is 2.21. The number of furan rings is 3. The number of hydrogen-bond acceptors (Lipinski definition) is 4. The van der Waals surface area contributed by atoms with Crippen molar-refractivity contribution in [2.45, 2.75) is 0 Å². The molecule has 56 heavy (non-hydrogen) atoms. The molecule has 0 atom stereocenters. The molecule has 0 aliphatic carbocycles. The van der Waals surface area contributed by atoms with Crippen molar-refractivity contribution in [2.24, 2.45) is 0 Å². The average molecular weight is 718 g/mol. The third-order valence-corrected chi connectivity index (χ3v) is 11.3. The standard InChI is InChI=1S/C52H31NO3/c1-2-11-38-32(10-1)26-31-43-49-37(14-8-20-47(49)56-52(38)43)33-22-27-35(28-23-33)53(44-17-9-21-48-50(44)42-13-4-6-19-46(42)54-48)36-29-24-34(25-30-36)39-15-7-16-41-40-12-3-5-18-45(40)55-51(39)41/h1-31H. The molecule has 0 saturated heterocycles. The Balaban J connectivity index is 1.01. The number of fused-ring (bicyclic) bond motifs is 11. The van der Waals surface area contributed by atoms with Crippen molar-refractivity contribution < 1.29 is 13.3 Å². The molecule has 4 heteroatoms. The van der Waals surface area contributed by atoms with E-state index in [1.807, 2.05) is 24.3 Å². The number of anilines is 3. The Morgan fingerprint density at radius 2 is 0.857 bits per heavy atom. The summed E-state index contributed by atoms with van der Waals surface area (Å²) >= 11 is 0. The Bertz CT molecular complexity index is 3470. The second kappa shape index (κ2) is 12.0. The molecule has 12 aromatic rings. The van der Waals surface area contributed by atoms with E-state index in [2.05, 4.69) is 169 Å². The molecule has 0 saturated carbocycles. The Labute approximate surface area is 321 Å². The lowest BCUT2D eigenvalue weighted by Crippen LogP contribution is -2.10. The van der Waals surface area contributed by atoms with Crippen LogP contribution in [0.4, 0.5) is 17.1 Å². The highest BCUT2D eigenvalue weighted by atomic mass is 16.3. The summed E-state index contributed by atoms with van der Waals surface area (Å²) in [6.07, 6.45) is 0. The molecular weight excluding hydrogens is 687 g/mol. The summed E-state index contributed by atoms with van der Waals surface area (Å²) < 4.78 is 19.3. The van der Waals surface area contributed by atoms with Gasteiger partial charge in [-0.1, -0.05) is 127 Å². The fourth-order valence-electron chi connectivity index (χ4n) is 8.72. The lowest BCUT2D eigenvalue weighted by atomic mass is 9.97. The van der Waals surface area contributed by atoms with Crippen LogP contribution in [0.25, 0.3) is 98.8 Å². The van der Waals surface area contributed by atoms with Crippen LogP contribution in [-0.4, -0.2) is 0 Å². The van der Waals surface area contributed by atoms with Gasteiger partial charge in [0.2, 0.25) is 0 Å². The fraction of sp³-hybridized carbons (Fsp3) is 0. The van der Waals surface area contributed by atoms with Crippen molar-refractivity contribution in [1.82, 2.24) is 0 Å². The van der Waals surface area contributed by atoms with Crippen LogP contribution in [0.1, 0.15) is 0 Å². The fourth-order valence-corrected chi connectivity index (χ4v) is 8.72. The summed E-state index contributed by atoms with van der Waals surface area (Å²) in [4.78, 5) is 2.33. The first kappa shape index (κ1) is 30.9. The van der Waals surface area contributed by atoms with Gasteiger partial charge in [-0.3, -0.25) is 0 Å². The third-order valence-electron chi connectivity index (χ3n) is 11.3. The van der Waals surface area contributed by atoms with Gasteiger partial charge in [0.05, 0.1) is 11.1 Å². The van der Waals surface area contributed by atoms with Crippen LogP contribution in [0.15, 0.2) is 201 Å². The highest BCUT2D eigenvalue weighted by molar-refractivity contribution is 6.19. The molecule has 3 aromatic heterocycles. The molecule has 0 radical (unpaired) electrons. The minimum atomic E-state index is 0.851.